The molecule has 0 aliphatic carbocycles. The first kappa shape index (κ1) is 12.6. The molecule has 2 aromatic rings. The van der Waals surface area contributed by atoms with E-state index in [4.69, 9.17) is 4.74 Å². The molecule has 0 unspecified atom stereocenters. The molecule has 0 bridgehead atoms. The second kappa shape index (κ2) is 5.72. The summed E-state index contributed by atoms with van der Waals surface area (Å²) in [4.78, 5) is 4.62. The minimum atomic E-state index is 0.353. The Balaban J connectivity index is 1.63. The third-order valence-electron chi connectivity index (χ3n) is 3.36. The van der Waals surface area contributed by atoms with Gasteiger partial charge in [-0.05, 0) is 19.8 Å². The average molecular weight is 274 g/mol. The number of hydrogen-bond donors (Lipinski definition) is 1. The maximum atomic E-state index is 5.59. The van der Waals surface area contributed by atoms with Crippen molar-refractivity contribution in [3.63, 3.8) is 0 Å². The topological polar surface area (TPSA) is 34.1 Å². The molecule has 1 N–H and O–H groups in total. The number of benzene rings is 1. The molecule has 1 aromatic heterocycles. The van der Waals surface area contributed by atoms with Crippen LogP contribution in [0.3, 0.4) is 0 Å². The van der Waals surface area contributed by atoms with E-state index >= 15 is 0 Å². The summed E-state index contributed by atoms with van der Waals surface area (Å²) in [6, 6.07) is 8.48. The zero-order valence-electron chi connectivity index (χ0n) is 11.1. The Morgan fingerprint density at radius 1 is 1.37 bits per heavy atom. The Bertz CT molecular complexity index is 529. The summed E-state index contributed by atoms with van der Waals surface area (Å²) in [7, 11) is 0. The number of nitrogens with one attached hydrogen (secondary N) is 1. The molecule has 0 spiro atoms. The highest BCUT2D eigenvalue weighted by atomic mass is 32.1. The molecule has 3 nitrogen and oxygen atoms in total. The number of rotatable bonds is 4. The molecule has 3 rings (SSSR count). The van der Waals surface area contributed by atoms with Gasteiger partial charge in [-0.15, -0.1) is 11.3 Å². The Hall–Kier alpha value is -1.39. The standard InChI is InChI=1S/C15H18N2OS/c1-11-4-6-12(7-5-11)14-10-19-15(17-14)16-9-13-3-2-8-18-13/h4-7,10,13H,2-3,8-9H2,1H3,(H,16,17)/t13-/m0/s1. The van der Waals surface area contributed by atoms with Gasteiger partial charge < -0.3 is 10.1 Å². The van der Waals surface area contributed by atoms with Crippen molar-refractivity contribution < 1.29 is 4.74 Å². The van der Waals surface area contributed by atoms with Gasteiger partial charge in [0.25, 0.3) is 0 Å². The van der Waals surface area contributed by atoms with E-state index < -0.39 is 0 Å². The van der Waals surface area contributed by atoms with Crippen LogP contribution < -0.4 is 5.32 Å². The minimum Gasteiger partial charge on any atom is -0.376 e. The summed E-state index contributed by atoms with van der Waals surface area (Å²) in [6.07, 6.45) is 2.69. The number of aromatic nitrogens is 1. The minimum absolute atomic E-state index is 0.353. The van der Waals surface area contributed by atoms with Crippen molar-refractivity contribution >= 4 is 16.5 Å². The van der Waals surface area contributed by atoms with Gasteiger partial charge in [-0.3, -0.25) is 0 Å². The monoisotopic (exact) mass is 274 g/mol. The number of hydrogen-bond acceptors (Lipinski definition) is 4. The van der Waals surface area contributed by atoms with Crippen molar-refractivity contribution in [3.8, 4) is 11.3 Å². The second-order valence-electron chi connectivity index (χ2n) is 4.92. The lowest BCUT2D eigenvalue weighted by Crippen LogP contribution is -2.18. The third kappa shape index (κ3) is 3.14. The Labute approximate surface area is 117 Å². The molecular formula is C15H18N2OS. The summed E-state index contributed by atoms with van der Waals surface area (Å²) < 4.78 is 5.59. The van der Waals surface area contributed by atoms with Crippen LogP contribution in [0.4, 0.5) is 5.13 Å². The maximum Gasteiger partial charge on any atom is 0.183 e. The molecule has 0 saturated carbocycles. The molecule has 2 heterocycles. The largest absolute Gasteiger partial charge is 0.376 e. The molecule has 0 amide bonds. The quantitative estimate of drug-likeness (QED) is 0.923. The highest BCUT2D eigenvalue weighted by Crippen LogP contribution is 2.25. The van der Waals surface area contributed by atoms with Crippen LogP contribution >= 0.6 is 11.3 Å². The van der Waals surface area contributed by atoms with Gasteiger partial charge >= 0.3 is 0 Å². The lowest BCUT2D eigenvalue weighted by molar-refractivity contribution is 0.120. The number of anilines is 1. The molecule has 1 atom stereocenters. The second-order valence-corrected chi connectivity index (χ2v) is 5.78. The van der Waals surface area contributed by atoms with Gasteiger partial charge in [-0.25, -0.2) is 4.98 Å². The molecule has 1 aromatic carbocycles. The van der Waals surface area contributed by atoms with E-state index in [-0.39, 0.29) is 0 Å². The molecule has 4 heteroatoms. The molecule has 19 heavy (non-hydrogen) atoms. The van der Waals surface area contributed by atoms with Crippen molar-refractivity contribution in [2.24, 2.45) is 0 Å². The molecule has 1 saturated heterocycles. The summed E-state index contributed by atoms with van der Waals surface area (Å²) in [5.41, 5.74) is 3.49. The van der Waals surface area contributed by atoms with Gasteiger partial charge in [0.2, 0.25) is 0 Å². The van der Waals surface area contributed by atoms with Crippen molar-refractivity contribution in [1.82, 2.24) is 4.98 Å². The summed E-state index contributed by atoms with van der Waals surface area (Å²) in [5.74, 6) is 0. The van der Waals surface area contributed by atoms with E-state index in [0.717, 1.165) is 30.4 Å². The smallest absolute Gasteiger partial charge is 0.183 e. The zero-order chi connectivity index (χ0) is 13.1. The summed E-state index contributed by atoms with van der Waals surface area (Å²) in [5, 5.41) is 6.45. The van der Waals surface area contributed by atoms with Gasteiger partial charge in [0.05, 0.1) is 11.8 Å². The predicted molar refractivity (Wildman–Crippen MR) is 79.8 cm³/mol. The first-order valence-corrected chi connectivity index (χ1v) is 7.57. The van der Waals surface area contributed by atoms with E-state index in [1.807, 2.05) is 0 Å². The third-order valence-corrected chi connectivity index (χ3v) is 4.16. The number of aryl methyl sites for hydroxylation is 1. The molecule has 1 fully saturated rings. The molecule has 1 aliphatic rings. The average Bonchev–Trinajstić information content (AvgIpc) is 3.09. The lowest BCUT2D eigenvalue weighted by atomic mass is 10.1. The number of thiazole rings is 1. The van der Waals surface area contributed by atoms with Gasteiger partial charge in [0, 0.05) is 24.1 Å². The highest BCUT2D eigenvalue weighted by molar-refractivity contribution is 7.14. The van der Waals surface area contributed by atoms with Crippen LogP contribution in [0, 0.1) is 6.92 Å². The van der Waals surface area contributed by atoms with Crippen LogP contribution in [0.5, 0.6) is 0 Å². The van der Waals surface area contributed by atoms with Crippen LogP contribution in [0.1, 0.15) is 18.4 Å². The first-order valence-electron chi connectivity index (χ1n) is 6.69. The highest BCUT2D eigenvalue weighted by Gasteiger charge is 2.15. The fourth-order valence-electron chi connectivity index (χ4n) is 2.22. The van der Waals surface area contributed by atoms with E-state index in [1.165, 1.54) is 17.5 Å². The normalized spacial score (nSPS) is 18.7. The van der Waals surface area contributed by atoms with Crippen LogP contribution in [-0.2, 0) is 4.74 Å². The number of nitrogens with zero attached hydrogens (tertiary/aromatic N) is 1. The fraction of sp³-hybridized carbons (Fsp3) is 0.400. The molecule has 1 aliphatic heterocycles. The van der Waals surface area contributed by atoms with Crippen LogP contribution in [0.25, 0.3) is 11.3 Å². The number of ether oxygens (including phenoxy) is 1. The molecular weight excluding hydrogens is 256 g/mol. The van der Waals surface area contributed by atoms with Crippen molar-refractivity contribution in [3.05, 3.63) is 35.2 Å². The summed E-state index contributed by atoms with van der Waals surface area (Å²) in [6.45, 7) is 3.86. The van der Waals surface area contributed by atoms with Crippen LogP contribution in [0.2, 0.25) is 0 Å². The Kier molecular flexibility index (Phi) is 3.80. The Morgan fingerprint density at radius 2 is 2.21 bits per heavy atom. The fourth-order valence-corrected chi connectivity index (χ4v) is 2.95. The Morgan fingerprint density at radius 3 is 2.95 bits per heavy atom. The molecule has 100 valence electrons. The maximum absolute atomic E-state index is 5.59. The van der Waals surface area contributed by atoms with Crippen molar-refractivity contribution in [1.29, 1.82) is 0 Å². The van der Waals surface area contributed by atoms with Gasteiger partial charge in [0.15, 0.2) is 5.13 Å². The SMILES string of the molecule is Cc1ccc(-c2csc(NC[C@@H]3CCCO3)n2)cc1. The summed E-state index contributed by atoms with van der Waals surface area (Å²) >= 11 is 1.65. The van der Waals surface area contributed by atoms with E-state index in [2.05, 4.69) is 46.9 Å². The lowest BCUT2D eigenvalue weighted by Gasteiger charge is -2.09. The van der Waals surface area contributed by atoms with E-state index in [1.54, 1.807) is 11.3 Å². The van der Waals surface area contributed by atoms with E-state index in [9.17, 15) is 0 Å². The van der Waals surface area contributed by atoms with Gasteiger partial charge in [-0.1, -0.05) is 29.8 Å². The van der Waals surface area contributed by atoms with E-state index in [0.29, 0.717) is 6.10 Å². The molecule has 0 radical (unpaired) electrons. The zero-order valence-corrected chi connectivity index (χ0v) is 11.9. The van der Waals surface area contributed by atoms with Crippen LogP contribution in [0.15, 0.2) is 29.6 Å². The van der Waals surface area contributed by atoms with Crippen molar-refractivity contribution in [2.75, 3.05) is 18.5 Å². The van der Waals surface area contributed by atoms with Crippen molar-refractivity contribution in [2.45, 2.75) is 25.9 Å². The van der Waals surface area contributed by atoms with Crippen LogP contribution in [-0.4, -0.2) is 24.2 Å². The van der Waals surface area contributed by atoms with Gasteiger partial charge in [0.1, 0.15) is 0 Å². The van der Waals surface area contributed by atoms with Gasteiger partial charge in [-0.2, -0.15) is 0 Å². The first-order chi connectivity index (χ1) is 9.31. The predicted octanol–water partition coefficient (Wildman–Crippen LogP) is 3.71.